The van der Waals surface area contributed by atoms with E-state index < -0.39 is 7.92 Å². The van der Waals surface area contributed by atoms with Crippen molar-refractivity contribution in [2.75, 3.05) is 6.16 Å². The first-order valence-electron chi connectivity index (χ1n) is 10.3. The number of hydrogen-bond donors (Lipinski definition) is 0. The Kier molecular flexibility index (Phi) is 7.41. The van der Waals surface area contributed by atoms with Crippen molar-refractivity contribution in [1.82, 2.24) is 0 Å². The summed E-state index contributed by atoms with van der Waals surface area (Å²) in [7, 11) is -1.17. The molecular formula is C26H31F2P2. The van der Waals surface area contributed by atoms with Crippen molar-refractivity contribution in [2.24, 2.45) is 0 Å². The van der Waals surface area contributed by atoms with Crippen molar-refractivity contribution in [1.29, 1.82) is 0 Å². The molecule has 0 spiro atoms. The van der Waals surface area contributed by atoms with Gasteiger partial charge in [0.1, 0.15) is 11.6 Å². The second-order valence-corrected chi connectivity index (χ2v) is 15.7. The van der Waals surface area contributed by atoms with Crippen LogP contribution in [0.15, 0.2) is 48.5 Å². The zero-order valence-corrected chi connectivity index (χ0v) is 20.5. The zero-order valence-electron chi connectivity index (χ0n) is 18.7. The third kappa shape index (κ3) is 5.69. The van der Waals surface area contributed by atoms with Gasteiger partial charge in [0.25, 0.3) is 0 Å². The van der Waals surface area contributed by atoms with Crippen LogP contribution in [0.5, 0.6) is 0 Å². The fourth-order valence-electron chi connectivity index (χ4n) is 4.06. The Labute approximate surface area is 184 Å². The molecule has 2 aromatic carbocycles. The normalized spacial score (nSPS) is 16.7. The van der Waals surface area contributed by atoms with Gasteiger partial charge in [0, 0.05) is 5.66 Å². The van der Waals surface area contributed by atoms with Gasteiger partial charge in [-0.2, -0.15) is 0 Å². The maximum atomic E-state index is 13.6. The second-order valence-electron chi connectivity index (χ2n) is 9.65. The Hall–Kier alpha value is -0.840. The van der Waals surface area contributed by atoms with Crippen LogP contribution in [-0.2, 0) is 0 Å². The maximum Gasteiger partial charge on any atom is 0.123 e. The molecule has 0 atom stereocenters. The lowest BCUT2D eigenvalue weighted by atomic mass is 10.1. The second kappa shape index (κ2) is 9.34. The van der Waals surface area contributed by atoms with Crippen LogP contribution < -0.4 is 10.6 Å². The van der Waals surface area contributed by atoms with E-state index in [1.807, 2.05) is 24.3 Å². The van der Waals surface area contributed by atoms with Gasteiger partial charge < -0.3 is 0 Å². The summed E-state index contributed by atoms with van der Waals surface area (Å²) in [6, 6.07) is 13.6. The van der Waals surface area contributed by atoms with Gasteiger partial charge in [0.2, 0.25) is 0 Å². The predicted octanol–water partition coefficient (Wildman–Crippen LogP) is 7.21. The fourth-order valence-corrected chi connectivity index (χ4v) is 10.2. The summed E-state index contributed by atoms with van der Waals surface area (Å²) in [5.41, 5.74) is 1.30. The summed E-state index contributed by atoms with van der Waals surface area (Å²) in [4.78, 5) is 0. The van der Waals surface area contributed by atoms with Crippen LogP contribution in [0.3, 0.4) is 0 Å². The molecule has 0 N–H and O–H groups in total. The van der Waals surface area contributed by atoms with Gasteiger partial charge in [0.05, 0.1) is 0 Å². The summed E-state index contributed by atoms with van der Waals surface area (Å²) in [6.45, 7) is 14.1. The first-order valence-corrected chi connectivity index (χ1v) is 13.2. The van der Waals surface area contributed by atoms with Crippen LogP contribution >= 0.6 is 15.8 Å². The van der Waals surface area contributed by atoms with Gasteiger partial charge >= 0.3 is 0 Å². The molecule has 0 heterocycles. The molecule has 0 unspecified atom stereocenters. The van der Waals surface area contributed by atoms with E-state index in [4.69, 9.17) is 0 Å². The highest BCUT2D eigenvalue weighted by Gasteiger charge is 2.42. The minimum Gasteiger partial charge on any atom is -0.207 e. The van der Waals surface area contributed by atoms with Crippen molar-refractivity contribution in [3.05, 3.63) is 91.0 Å². The average molecular weight is 443 g/mol. The lowest BCUT2D eigenvalue weighted by Gasteiger charge is -2.44. The zero-order chi connectivity index (χ0) is 22.1. The van der Waals surface area contributed by atoms with E-state index in [-0.39, 0.29) is 29.9 Å². The molecule has 1 aliphatic carbocycles. The van der Waals surface area contributed by atoms with Gasteiger partial charge in [0.15, 0.2) is 0 Å². The SMILES string of the molecule is CC(C)(C)P(C[C]1[CH][CH][CH][C]1P(c1ccc(F)cc1)c1ccc(F)cc1)C(C)(C)C. The largest absolute Gasteiger partial charge is 0.207 e. The maximum absolute atomic E-state index is 13.6. The molecule has 30 heavy (non-hydrogen) atoms. The molecule has 0 saturated heterocycles. The molecule has 2 aromatic rings. The van der Waals surface area contributed by atoms with Crippen molar-refractivity contribution in [3.63, 3.8) is 0 Å². The Morgan fingerprint density at radius 3 is 1.50 bits per heavy atom. The van der Waals surface area contributed by atoms with Crippen LogP contribution in [-0.4, -0.2) is 16.5 Å². The standard InChI is InChI=1S/C26H31F2P2/c1-25(2,3)29(26(4,5)6)18-19-8-7-9-24(19)30(22-14-10-20(27)11-15-22)23-16-12-21(28)13-17-23/h7-17H,18H2,1-6H3. The minimum absolute atomic E-state index is 0.233. The molecule has 4 heteroatoms. The summed E-state index contributed by atoms with van der Waals surface area (Å²) in [5, 5.41) is 2.63. The molecule has 0 aliphatic heterocycles. The molecular weight excluding hydrogens is 412 g/mol. The molecule has 0 aromatic heterocycles. The molecule has 0 bridgehead atoms. The smallest absolute Gasteiger partial charge is 0.123 e. The Balaban J connectivity index is 1.97. The average Bonchev–Trinajstić information content (AvgIpc) is 3.09. The number of benzene rings is 2. The number of halogens is 2. The lowest BCUT2D eigenvalue weighted by Crippen LogP contribution is -2.29. The monoisotopic (exact) mass is 443 g/mol. The Bertz CT molecular complexity index is 757. The highest BCUT2D eigenvalue weighted by molar-refractivity contribution is 7.76. The van der Waals surface area contributed by atoms with Crippen LogP contribution in [0.1, 0.15) is 41.5 Å². The van der Waals surface area contributed by atoms with Crippen molar-refractivity contribution in [2.45, 2.75) is 51.9 Å². The first-order chi connectivity index (χ1) is 14.0. The third-order valence-electron chi connectivity index (χ3n) is 5.24. The lowest BCUT2D eigenvalue weighted by molar-refractivity contribution is 0.628. The van der Waals surface area contributed by atoms with E-state index in [9.17, 15) is 8.78 Å². The topological polar surface area (TPSA) is 0 Å². The van der Waals surface area contributed by atoms with Crippen molar-refractivity contribution < 1.29 is 8.78 Å². The summed E-state index contributed by atoms with van der Waals surface area (Å²) >= 11 is 0. The molecule has 159 valence electrons. The van der Waals surface area contributed by atoms with Crippen molar-refractivity contribution in [3.8, 4) is 0 Å². The van der Waals surface area contributed by atoms with Crippen LogP contribution in [0, 0.1) is 42.5 Å². The van der Waals surface area contributed by atoms with Crippen molar-refractivity contribution >= 4 is 26.5 Å². The van der Waals surface area contributed by atoms with Crippen LogP contribution in [0.25, 0.3) is 0 Å². The number of hydrogen-bond acceptors (Lipinski definition) is 0. The minimum atomic E-state index is -0.880. The van der Waals surface area contributed by atoms with Crippen LogP contribution in [0.4, 0.5) is 8.78 Å². The summed E-state index contributed by atoms with van der Waals surface area (Å²) < 4.78 is 27.2. The van der Waals surface area contributed by atoms with Gasteiger partial charge in [-0.05, 0) is 84.5 Å². The molecule has 0 amide bonds. The van der Waals surface area contributed by atoms with E-state index >= 15 is 0 Å². The van der Waals surface area contributed by atoms with Gasteiger partial charge in [-0.15, -0.1) is 0 Å². The first kappa shape index (κ1) is 23.8. The fraction of sp³-hybridized carbons (Fsp3) is 0.346. The van der Waals surface area contributed by atoms with E-state index in [1.165, 1.54) is 35.8 Å². The number of rotatable bonds is 5. The highest BCUT2D eigenvalue weighted by Crippen LogP contribution is 2.65. The van der Waals surface area contributed by atoms with E-state index in [0.717, 1.165) is 16.8 Å². The predicted molar refractivity (Wildman–Crippen MR) is 130 cm³/mol. The Morgan fingerprint density at radius 1 is 0.667 bits per heavy atom. The quantitative estimate of drug-likeness (QED) is 0.429. The highest BCUT2D eigenvalue weighted by atomic mass is 31.1. The third-order valence-corrected chi connectivity index (χ3v) is 11.7. The molecule has 5 radical (unpaired) electrons. The van der Waals surface area contributed by atoms with Gasteiger partial charge in [-0.1, -0.05) is 73.7 Å². The molecule has 3 rings (SSSR count). The molecule has 1 saturated carbocycles. The molecule has 0 nitrogen and oxygen atoms in total. The Morgan fingerprint density at radius 2 is 1.10 bits per heavy atom. The van der Waals surface area contributed by atoms with Gasteiger partial charge in [-0.25, -0.2) is 8.78 Å². The van der Waals surface area contributed by atoms with E-state index in [2.05, 4.69) is 60.8 Å². The van der Waals surface area contributed by atoms with Crippen LogP contribution in [0.2, 0.25) is 0 Å². The summed E-state index contributed by atoms with van der Waals surface area (Å²) in [6.07, 6.45) is 7.62. The summed E-state index contributed by atoms with van der Waals surface area (Å²) in [5.74, 6) is 0.893. The van der Waals surface area contributed by atoms with E-state index in [0.29, 0.717) is 0 Å². The molecule has 1 fully saturated rings. The van der Waals surface area contributed by atoms with Gasteiger partial charge in [-0.3, -0.25) is 0 Å². The van der Waals surface area contributed by atoms with E-state index in [1.54, 1.807) is 0 Å². The molecule has 1 aliphatic rings.